The van der Waals surface area contributed by atoms with Crippen molar-refractivity contribution in [2.45, 2.75) is 26.2 Å². The monoisotopic (exact) mass is 543 g/mol. The highest BCUT2D eigenvalue weighted by Gasteiger charge is 2.33. The number of aliphatic hydroxyl groups excluding tert-OH is 1. The van der Waals surface area contributed by atoms with Gasteiger partial charge in [-0.2, -0.15) is 15.5 Å². The van der Waals surface area contributed by atoms with Crippen LogP contribution in [0.5, 0.6) is 5.75 Å². The molecule has 6 rings (SSSR count). The fourth-order valence-electron chi connectivity index (χ4n) is 5.04. The van der Waals surface area contributed by atoms with Crippen molar-refractivity contribution in [2.75, 3.05) is 25.2 Å². The van der Waals surface area contributed by atoms with E-state index in [4.69, 9.17) is 4.74 Å². The van der Waals surface area contributed by atoms with Crippen LogP contribution in [0.25, 0.3) is 22.7 Å². The molecule has 40 heavy (non-hydrogen) atoms. The highest BCUT2D eigenvalue weighted by atomic mass is 19.3. The van der Waals surface area contributed by atoms with Crippen LogP contribution in [0.15, 0.2) is 42.7 Å². The van der Waals surface area contributed by atoms with E-state index in [1.165, 1.54) is 22.9 Å². The molecule has 1 aliphatic heterocycles. The van der Waals surface area contributed by atoms with E-state index in [9.17, 15) is 19.1 Å². The van der Waals surface area contributed by atoms with Crippen LogP contribution >= 0.6 is 0 Å². The van der Waals surface area contributed by atoms with Crippen LogP contribution in [0, 0.1) is 25.2 Å². The number of methoxy groups -OCH3 is 1. The number of imidazole rings is 1. The first-order valence-corrected chi connectivity index (χ1v) is 12.4. The van der Waals surface area contributed by atoms with Crippen LogP contribution in [-0.4, -0.2) is 59.9 Å². The van der Waals surface area contributed by atoms with E-state index in [1.54, 1.807) is 31.0 Å². The van der Waals surface area contributed by atoms with Crippen molar-refractivity contribution in [1.82, 2.24) is 34.5 Å². The number of aliphatic hydroxyl groups is 1. The van der Waals surface area contributed by atoms with Gasteiger partial charge in [0.05, 0.1) is 41.7 Å². The first-order chi connectivity index (χ1) is 19.3. The smallest absolute Gasteiger partial charge is 0.267 e. The summed E-state index contributed by atoms with van der Waals surface area (Å²) in [5.41, 5.74) is 3.89. The van der Waals surface area contributed by atoms with Crippen LogP contribution in [-0.2, 0) is 0 Å². The molecule has 5 heterocycles. The molecule has 13 heteroatoms. The van der Waals surface area contributed by atoms with Gasteiger partial charge in [-0.1, -0.05) is 0 Å². The van der Waals surface area contributed by atoms with Gasteiger partial charge in [-0.25, -0.2) is 23.4 Å². The Morgan fingerprint density at radius 1 is 1.15 bits per heavy atom. The third-order valence-electron chi connectivity index (χ3n) is 6.96. The van der Waals surface area contributed by atoms with E-state index < -0.39 is 6.43 Å². The molecular weight excluding hydrogens is 520 g/mol. The van der Waals surface area contributed by atoms with E-state index in [-0.39, 0.29) is 29.6 Å². The second-order valence-corrected chi connectivity index (χ2v) is 9.46. The van der Waals surface area contributed by atoms with Gasteiger partial charge in [-0.3, -0.25) is 4.57 Å². The van der Waals surface area contributed by atoms with E-state index >= 15 is 0 Å². The highest BCUT2D eigenvalue weighted by molar-refractivity contribution is 5.87. The molecule has 202 valence electrons. The number of benzene rings is 1. The lowest BCUT2D eigenvalue weighted by atomic mass is 10.0. The van der Waals surface area contributed by atoms with E-state index in [2.05, 4.69) is 25.3 Å². The predicted molar refractivity (Wildman–Crippen MR) is 141 cm³/mol. The Balaban J connectivity index is 1.47. The maximum atomic E-state index is 13.9. The van der Waals surface area contributed by atoms with Gasteiger partial charge in [-0.05, 0) is 44.2 Å². The Morgan fingerprint density at radius 3 is 2.67 bits per heavy atom. The number of nitrogens with zero attached hydrogens (tertiary/aromatic N) is 9. The van der Waals surface area contributed by atoms with Crippen molar-refractivity contribution in [3.8, 4) is 23.5 Å². The number of ether oxygens (including phenoxy) is 1. The Labute approximate surface area is 226 Å². The molecule has 1 N–H and O–H groups in total. The number of aromatic nitrogens is 7. The lowest BCUT2D eigenvalue weighted by Crippen LogP contribution is -2.18. The molecule has 1 aliphatic rings. The number of aryl methyl sites for hydroxylation is 2. The maximum Gasteiger partial charge on any atom is 0.267 e. The molecule has 0 fully saturated rings. The molecular formula is C27H23F2N9O2. The third kappa shape index (κ3) is 4.00. The van der Waals surface area contributed by atoms with Crippen molar-refractivity contribution < 1.29 is 18.6 Å². The van der Waals surface area contributed by atoms with Gasteiger partial charge in [0.15, 0.2) is 17.3 Å². The molecule has 0 bridgehead atoms. The van der Waals surface area contributed by atoms with Crippen LogP contribution in [0.3, 0.4) is 0 Å². The molecule has 1 unspecified atom stereocenters. The summed E-state index contributed by atoms with van der Waals surface area (Å²) in [5, 5.41) is 31.9. The fourth-order valence-corrected chi connectivity index (χ4v) is 5.04. The van der Waals surface area contributed by atoms with Gasteiger partial charge < -0.3 is 14.7 Å². The van der Waals surface area contributed by atoms with Crippen molar-refractivity contribution in [2.24, 2.45) is 0 Å². The molecule has 0 radical (unpaired) electrons. The number of pyridine rings is 1. The molecule has 0 amide bonds. The topological polar surface area (TPSA) is 131 Å². The van der Waals surface area contributed by atoms with Gasteiger partial charge in [0, 0.05) is 29.8 Å². The molecule has 0 saturated heterocycles. The van der Waals surface area contributed by atoms with Gasteiger partial charge in [0.25, 0.3) is 6.43 Å². The third-order valence-corrected chi connectivity index (χ3v) is 6.96. The van der Waals surface area contributed by atoms with Crippen LogP contribution in [0.2, 0.25) is 0 Å². The molecule has 1 atom stereocenters. The molecule has 0 aliphatic carbocycles. The zero-order chi connectivity index (χ0) is 28.1. The Morgan fingerprint density at radius 2 is 1.98 bits per heavy atom. The Kier molecular flexibility index (Phi) is 6.11. The zero-order valence-electron chi connectivity index (χ0n) is 21.7. The van der Waals surface area contributed by atoms with Gasteiger partial charge in [0.2, 0.25) is 0 Å². The summed E-state index contributed by atoms with van der Waals surface area (Å²) >= 11 is 0. The summed E-state index contributed by atoms with van der Waals surface area (Å²) < 4.78 is 36.5. The normalized spacial score (nSPS) is 14.7. The van der Waals surface area contributed by atoms with Gasteiger partial charge in [0.1, 0.15) is 24.0 Å². The minimum absolute atomic E-state index is 0.0397. The minimum atomic E-state index is -2.80. The van der Waals surface area contributed by atoms with Crippen molar-refractivity contribution in [3.05, 3.63) is 70.9 Å². The quantitative estimate of drug-likeness (QED) is 0.337. The van der Waals surface area contributed by atoms with Crippen molar-refractivity contribution in [1.29, 1.82) is 5.26 Å². The lowest BCUT2D eigenvalue weighted by molar-refractivity contribution is 0.150. The lowest BCUT2D eigenvalue weighted by Gasteiger charge is -2.21. The first kappa shape index (κ1) is 25.3. The van der Waals surface area contributed by atoms with Crippen LogP contribution in [0.4, 0.5) is 20.3 Å². The van der Waals surface area contributed by atoms with Crippen molar-refractivity contribution in [3.63, 3.8) is 0 Å². The first-order valence-electron chi connectivity index (χ1n) is 12.4. The number of rotatable bonds is 6. The van der Waals surface area contributed by atoms with E-state index in [1.807, 2.05) is 30.0 Å². The fraction of sp³-hybridized carbons (Fsp3) is 0.259. The summed E-state index contributed by atoms with van der Waals surface area (Å²) in [6.07, 6.45) is -1.25. The average molecular weight is 544 g/mol. The second-order valence-electron chi connectivity index (χ2n) is 9.46. The summed E-state index contributed by atoms with van der Waals surface area (Å²) in [6, 6.07) is 11.8. The average Bonchev–Trinajstić information content (AvgIpc) is 3.65. The largest absolute Gasteiger partial charge is 0.494 e. The molecule has 0 saturated carbocycles. The minimum Gasteiger partial charge on any atom is -0.494 e. The number of nitriles is 1. The predicted octanol–water partition coefficient (Wildman–Crippen LogP) is 4.06. The number of hydrogen-bond donors (Lipinski definition) is 1. The molecule has 11 nitrogen and oxygen atoms in total. The zero-order valence-corrected chi connectivity index (χ0v) is 21.7. The van der Waals surface area contributed by atoms with Crippen LogP contribution < -0.4 is 9.64 Å². The summed E-state index contributed by atoms with van der Waals surface area (Å²) in [4.78, 5) is 11.0. The Bertz CT molecular complexity index is 1810. The number of alkyl halides is 2. The Hall–Kier alpha value is -4.96. The molecule has 1 aromatic carbocycles. The summed E-state index contributed by atoms with van der Waals surface area (Å²) in [5.74, 6) is 1.28. The molecule has 0 spiro atoms. The number of hydrogen-bond acceptors (Lipinski definition) is 9. The highest BCUT2D eigenvalue weighted by Crippen LogP contribution is 2.44. The number of anilines is 2. The second kappa shape index (κ2) is 9.65. The van der Waals surface area contributed by atoms with Gasteiger partial charge >= 0.3 is 0 Å². The van der Waals surface area contributed by atoms with E-state index in [0.29, 0.717) is 46.3 Å². The van der Waals surface area contributed by atoms with E-state index in [0.717, 1.165) is 11.3 Å². The number of halogens is 2. The summed E-state index contributed by atoms with van der Waals surface area (Å²) in [7, 11) is 1.55. The molecule has 5 aromatic rings. The SMILES string of the molecule is COc1cc2c(cc1N1CC(CO)c3cc(C)nnc31)ncn2-c1ccc(C(F)F)c(-n2nc(C#N)cc2C)n1. The van der Waals surface area contributed by atoms with Crippen molar-refractivity contribution >= 4 is 22.5 Å². The maximum absolute atomic E-state index is 13.9. The van der Waals surface area contributed by atoms with Gasteiger partial charge in [-0.15, -0.1) is 5.10 Å². The molecule has 4 aromatic heterocycles. The standard InChI is InChI=1S/C27H23F2N9O2/c1-14-6-19-16(12-39)11-36(27(19)34-33-14)22-8-20-21(9-23(22)40-3)37(13-31-20)24-5-4-18(25(28)29)26(32-24)38-15(2)7-17(10-30)35-38/h4-9,13,16,25,39H,11-12H2,1-3H3. The number of fused-ring (bicyclic) bond motifs is 2. The van der Waals surface area contributed by atoms with Crippen LogP contribution in [0.1, 0.15) is 40.6 Å². The summed E-state index contributed by atoms with van der Waals surface area (Å²) in [6.45, 7) is 3.97.